The van der Waals surface area contributed by atoms with Crippen LogP contribution < -0.4 is 5.73 Å². The maximum absolute atomic E-state index is 11.8. The monoisotopic (exact) mass is 195 g/mol. The molecule has 2 N–H and O–H groups in total. The number of nitrogens with two attached hydrogens (primary N) is 1. The fourth-order valence-corrected chi connectivity index (χ4v) is 1.65. The van der Waals surface area contributed by atoms with Crippen LogP contribution in [0, 0.1) is 6.92 Å². The van der Waals surface area contributed by atoms with Crippen LogP contribution in [0.1, 0.15) is 22.5 Å². The molecule has 1 aliphatic heterocycles. The standard InChI is InChI=1S/C9H13N3O2/c1-6-8(4-11-14-6)9(13)12-3-2-7(10)5-12/h4,7H,2-3,5,10H2,1H3. The molecular formula is C9H13N3O2. The zero-order valence-corrected chi connectivity index (χ0v) is 8.06. The summed E-state index contributed by atoms with van der Waals surface area (Å²) in [4.78, 5) is 13.6. The fourth-order valence-electron chi connectivity index (χ4n) is 1.65. The molecule has 0 aromatic carbocycles. The van der Waals surface area contributed by atoms with Crippen LogP contribution in [0.15, 0.2) is 10.7 Å². The third-order valence-corrected chi connectivity index (χ3v) is 2.49. The minimum atomic E-state index is -0.0308. The van der Waals surface area contributed by atoms with Gasteiger partial charge in [0.05, 0.1) is 6.20 Å². The first-order valence-corrected chi connectivity index (χ1v) is 4.64. The quantitative estimate of drug-likeness (QED) is 0.692. The van der Waals surface area contributed by atoms with Crippen molar-refractivity contribution in [3.05, 3.63) is 17.5 Å². The highest BCUT2D eigenvalue weighted by molar-refractivity contribution is 5.94. The summed E-state index contributed by atoms with van der Waals surface area (Å²) in [5, 5.41) is 3.58. The lowest BCUT2D eigenvalue weighted by molar-refractivity contribution is 0.0789. The molecule has 1 aliphatic rings. The molecule has 1 amide bonds. The first-order valence-electron chi connectivity index (χ1n) is 4.64. The van der Waals surface area contributed by atoms with Crippen molar-refractivity contribution in [2.45, 2.75) is 19.4 Å². The van der Waals surface area contributed by atoms with Gasteiger partial charge in [-0.25, -0.2) is 0 Å². The van der Waals surface area contributed by atoms with Gasteiger partial charge in [-0.05, 0) is 13.3 Å². The Hall–Kier alpha value is -1.36. The van der Waals surface area contributed by atoms with Crippen molar-refractivity contribution < 1.29 is 9.32 Å². The zero-order chi connectivity index (χ0) is 10.1. The van der Waals surface area contributed by atoms with Gasteiger partial charge in [-0.3, -0.25) is 4.79 Å². The molecule has 5 heteroatoms. The Morgan fingerprint density at radius 1 is 1.79 bits per heavy atom. The van der Waals surface area contributed by atoms with E-state index in [9.17, 15) is 4.79 Å². The van der Waals surface area contributed by atoms with Crippen LogP contribution >= 0.6 is 0 Å². The number of amides is 1. The molecule has 0 saturated carbocycles. The molecule has 0 aliphatic carbocycles. The Bertz CT molecular complexity index is 348. The second-order valence-corrected chi connectivity index (χ2v) is 3.60. The van der Waals surface area contributed by atoms with Crippen molar-refractivity contribution in [3.8, 4) is 0 Å². The first-order chi connectivity index (χ1) is 6.68. The summed E-state index contributed by atoms with van der Waals surface area (Å²) in [5.41, 5.74) is 6.26. The van der Waals surface area contributed by atoms with Gasteiger partial charge in [0, 0.05) is 19.1 Å². The van der Waals surface area contributed by atoms with Gasteiger partial charge in [0.2, 0.25) is 0 Å². The third-order valence-electron chi connectivity index (χ3n) is 2.49. The normalized spacial score (nSPS) is 21.6. The molecule has 1 aromatic rings. The van der Waals surface area contributed by atoms with Crippen LogP contribution in [-0.2, 0) is 0 Å². The summed E-state index contributed by atoms with van der Waals surface area (Å²) in [6.07, 6.45) is 2.33. The lowest BCUT2D eigenvalue weighted by Crippen LogP contribution is -2.31. The van der Waals surface area contributed by atoms with Crippen molar-refractivity contribution in [2.75, 3.05) is 13.1 Å². The van der Waals surface area contributed by atoms with Gasteiger partial charge in [0.15, 0.2) is 0 Å². The van der Waals surface area contributed by atoms with Gasteiger partial charge < -0.3 is 15.2 Å². The van der Waals surface area contributed by atoms with Crippen molar-refractivity contribution in [1.29, 1.82) is 0 Å². The van der Waals surface area contributed by atoms with Crippen LogP contribution in [0.4, 0.5) is 0 Å². The van der Waals surface area contributed by atoms with E-state index in [0.29, 0.717) is 17.9 Å². The average molecular weight is 195 g/mol. The first kappa shape index (κ1) is 9.21. The SMILES string of the molecule is Cc1oncc1C(=O)N1CCC(N)C1. The Kier molecular flexibility index (Phi) is 2.25. The number of likely N-dealkylation sites (tertiary alicyclic amines) is 1. The molecule has 0 spiro atoms. The van der Waals surface area contributed by atoms with Gasteiger partial charge in [0.25, 0.3) is 5.91 Å². The number of aromatic nitrogens is 1. The second kappa shape index (κ2) is 3.42. The average Bonchev–Trinajstić information content (AvgIpc) is 2.73. The van der Waals surface area contributed by atoms with E-state index in [4.69, 9.17) is 10.3 Å². The van der Waals surface area contributed by atoms with Gasteiger partial charge in [-0.2, -0.15) is 0 Å². The number of aryl methyl sites for hydroxylation is 1. The highest BCUT2D eigenvalue weighted by Crippen LogP contribution is 2.14. The lowest BCUT2D eigenvalue weighted by atomic mass is 10.2. The molecule has 5 nitrogen and oxygen atoms in total. The van der Waals surface area contributed by atoms with Crippen LogP contribution in [0.3, 0.4) is 0 Å². The number of nitrogens with zero attached hydrogens (tertiary/aromatic N) is 2. The Morgan fingerprint density at radius 3 is 3.07 bits per heavy atom. The molecular weight excluding hydrogens is 182 g/mol. The lowest BCUT2D eigenvalue weighted by Gasteiger charge is -2.14. The molecule has 2 heterocycles. The molecule has 0 radical (unpaired) electrons. The molecule has 2 rings (SSSR count). The fraction of sp³-hybridized carbons (Fsp3) is 0.556. The molecule has 1 unspecified atom stereocenters. The van der Waals surface area contributed by atoms with E-state index in [2.05, 4.69) is 5.16 Å². The van der Waals surface area contributed by atoms with Gasteiger partial charge in [-0.15, -0.1) is 0 Å². The smallest absolute Gasteiger partial charge is 0.259 e. The summed E-state index contributed by atoms with van der Waals surface area (Å²) < 4.78 is 4.84. The maximum atomic E-state index is 11.8. The summed E-state index contributed by atoms with van der Waals surface area (Å²) >= 11 is 0. The van der Waals surface area contributed by atoms with Gasteiger partial charge in [0.1, 0.15) is 11.3 Å². The summed E-state index contributed by atoms with van der Waals surface area (Å²) in [7, 11) is 0. The van der Waals surface area contributed by atoms with Gasteiger partial charge >= 0.3 is 0 Å². The number of carbonyl (C=O) groups is 1. The van der Waals surface area contributed by atoms with E-state index >= 15 is 0 Å². The molecule has 14 heavy (non-hydrogen) atoms. The van der Waals surface area contributed by atoms with Crippen LogP contribution in [-0.4, -0.2) is 35.1 Å². The molecule has 1 aromatic heterocycles. The minimum Gasteiger partial charge on any atom is -0.361 e. The van der Waals surface area contributed by atoms with Crippen molar-refractivity contribution in [1.82, 2.24) is 10.1 Å². The molecule has 1 atom stereocenters. The number of carbonyl (C=O) groups excluding carboxylic acids is 1. The van der Waals surface area contributed by atoms with E-state index in [1.54, 1.807) is 11.8 Å². The van der Waals surface area contributed by atoms with Crippen molar-refractivity contribution in [2.24, 2.45) is 5.73 Å². The second-order valence-electron chi connectivity index (χ2n) is 3.60. The Balaban J connectivity index is 2.13. The molecule has 0 bridgehead atoms. The van der Waals surface area contributed by atoms with E-state index < -0.39 is 0 Å². The summed E-state index contributed by atoms with van der Waals surface area (Å²) in [5.74, 6) is 0.534. The highest BCUT2D eigenvalue weighted by atomic mass is 16.5. The third kappa shape index (κ3) is 1.50. The Morgan fingerprint density at radius 2 is 2.57 bits per heavy atom. The topological polar surface area (TPSA) is 72.4 Å². The molecule has 76 valence electrons. The van der Waals surface area contributed by atoms with Crippen LogP contribution in [0.25, 0.3) is 0 Å². The van der Waals surface area contributed by atoms with Crippen molar-refractivity contribution in [3.63, 3.8) is 0 Å². The van der Waals surface area contributed by atoms with E-state index in [1.165, 1.54) is 6.20 Å². The van der Waals surface area contributed by atoms with Crippen LogP contribution in [0.2, 0.25) is 0 Å². The largest absolute Gasteiger partial charge is 0.361 e. The van der Waals surface area contributed by atoms with E-state index in [1.807, 2.05) is 0 Å². The zero-order valence-electron chi connectivity index (χ0n) is 8.06. The molecule has 1 saturated heterocycles. The van der Waals surface area contributed by atoms with Crippen LogP contribution in [0.5, 0.6) is 0 Å². The van der Waals surface area contributed by atoms with Crippen molar-refractivity contribution >= 4 is 5.91 Å². The number of hydrogen-bond acceptors (Lipinski definition) is 4. The summed E-state index contributed by atoms with van der Waals surface area (Å²) in [6, 6.07) is 0.110. The molecule has 1 fully saturated rings. The van der Waals surface area contributed by atoms with E-state index in [-0.39, 0.29) is 11.9 Å². The number of hydrogen-bond donors (Lipinski definition) is 1. The Labute approximate surface area is 81.8 Å². The maximum Gasteiger partial charge on any atom is 0.259 e. The summed E-state index contributed by atoms with van der Waals surface area (Å²) in [6.45, 7) is 3.09. The number of rotatable bonds is 1. The predicted octanol–water partition coefficient (Wildman–Crippen LogP) is 0.156. The van der Waals surface area contributed by atoms with E-state index in [0.717, 1.165) is 13.0 Å². The van der Waals surface area contributed by atoms with Gasteiger partial charge in [-0.1, -0.05) is 5.16 Å². The predicted molar refractivity (Wildman–Crippen MR) is 49.7 cm³/mol. The minimum absolute atomic E-state index is 0.0308. The highest BCUT2D eigenvalue weighted by Gasteiger charge is 2.26.